The Morgan fingerprint density at radius 3 is 2.59 bits per heavy atom. The molecule has 1 fully saturated rings. The fourth-order valence-electron chi connectivity index (χ4n) is 1.80. The average Bonchev–Trinajstić information content (AvgIpc) is 3.08. The second-order valence-corrected chi connectivity index (χ2v) is 5.96. The molecule has 0 aliphatic heterocycles. The summed E-state index contributed by atoms with van der Waals surface area (Å²) in [7, 11) is 0. The van der Waals surface area contributed by atoms with E-state index >= 15 is 0 Å². The largest absolute Gasteiger partial charge is 0.493 e. The maximum atomic E-state index is 5.85. The molecule has 0 heterocycles. The Morgan fingerprint density at radius 1 is 1.35 bits per heavy atom. The van der Waals surface area contributed by atoms with Crippen LogP contribution in [0.2, 0.25) is 0 Å². The maximum absolute atomic E-state index is 5.85. The van der Waals surface area contributed by atoms with Gasteiger partial charge in [-0.2, -0.15) is 0 Å². The van der Waals surface area contributed by atoms with Gasteiger partial charge in [0, 0.05) is 5.56 Å². The zero-order valence-corrected chi connectivity index (χ0v) is 11.1. The molecule has 1 aliphatic carbocycles. The number of hydrogen-bond donors (Lipinski definition) is 0. The van der Waals surface area contributed by atoms with Crippen molar-refractivity contribution in [3.8, 4) is 5.75 Å². The van der Waals surface area contributed by atoms with Crippen LogP contribution in [0.1, 0.15) is 44.7 Å². The van der Waals surface area contributed by atoms with Crippen molar-refractivity contribution in [2.24, 2.45) is 5.92 Å². The van der Waals surface area contributed by atoms with E-state index < -0.39 is 0 Å². The normalized spacial score (nSPS) is 15.7. The molecule has 0 unspecified atom stereocenters. The van der Waals surface area contributed by atoms with E-state index in [1.807, 2.05) is 6.08 Å². The quantitative estimate of drug-likeness (QED) is 0.744. The van der Waals surface area contributed by atoms with E-state index in [1.165, 1.54) is 18.4 Å². The molecule has 0 spiro atoms. The Hall–Kier alpha value is -1.24. The number of rotatable bonds is 4. The van der Waals surface area contributed by atoms with Crippen LogP contribution in [0.4, 0.5) is 0 Å². The maximum Gasteiger partial charge on any atom is 0.126 e. The molecule has 0 radical (unpaired) electrons. The lowest BCUT2D eigenvalue weighted by Gasteiger charge is -2.20. The van der Waals surface area contributed by atoms with Gasteiger partial charge in [-0.05, 0) is 41.9 Å². The Morgan fingerprint density at radius 2 is 2.06 bits per heavy atom. The van der Waals surface area contributed by atoms with Gasteiger partial charge in [-0.3, -0.25) is 0 Å². The average molecular weight is 230 g/mol. The molecule has 92 valence electrons. The van der Waals surface area contributed by atoms with Crippen molar-refractivity contribution in [1.29, 1.82) is 0 Å². The molecule has 0 bridgehead atoms. The van der Waals surface area contributed by atoms with Gasteiger partial charge in [-0.1, -0.05) is 39.5 Å². The fraction of sp³-hybridized carbons (Fsp3) is 0.500. The molecule has 0 atom stereocenters. The van der Waals surface area contributed by atoms with Crippen LogP contribution in [0.15, 0.2) is 24.8 Å². The highest BCUT2D eigenvalue weighted by atomic mass is 16.5. The molecule has 0 amide bonds. The van der Waals surface area contributed by atoms with Crippen molar-refractivity contribution in [1.82, 2.24) is 0 Å². The topological polar surface area (TPSA) is 9.23 Å². The van der Waals surface area contributed by atoms with Crippen LogP contribution in [-0.4, -0.2) is 6.61 Å². The summed E-state index contributed by atoms with van der Waals surface area (Å²) in [5.41, 5.74) is 2.61. The third kappa shape index (κ3) is 3.12. The minimum Gasteiger partial charge on any atom is -0.493 e. The van der Waals surface area contributed by atoms with E-state index in [0.29, 0.717) is 0 Å². The first-order chi connectivity index (χ1) is 8.00. The van der Waals surface area contributed by atoms with Crippen molar-refractivity contribution in [2.45, 2.75) is 39.0 Å². The summed E-state index contributed by atoms with van der Waals surface area (Å²) < 4.78 is 5.85. The summed E-state index contributed by atoms with van der Waals surface area (Å²) in [6, 6.07) is 6.43. The van der Waals surface area contributed by atoms with Gasteiger partial charge in [-0.25, -0.2) is 0 Å². The van der Waals surface area contributed by atoms with Gasteiger partial charge < -0.3 is 4.74 Å². The van der Waals surface area contributed by atoms with Crippen molar-refractivity contribution >= 4 is 6.08 Å². The van der Waals surface area contributed by atoms with Crippen molar-refractivity contribution in [3.05, 3.63) is 35.9 Å². The second-order valence-electron chi connectivity index (χ2n) is 5.96. The molecular formula is C16H22O. The predicted molar refractivity (Wildman–Crippen MR) is 73.5 cm³/mol. The van der Waals surface area contributed by atoms with Gasteiger partial charge in [0.15, 0.2) is 0 Å². The third-order valence-electron chi connectivity index (χ3n) is 3.27. The van der Waals surface area contributed by atoms with Crippen molar-refractivity contribution in [3.63, 3.8) is 0 Å². The van der Waals surface area contributed by atoms with E-state index in [-0.39, 0.29) is 5.41 Å². The van der Waals surface area contributed by atoms with Gasteiger partial charge in [0.1, 0.15) is 5.75 Å². The lowest BCUT2D eigenvalue weighted by Crippen LogP contribution is -2.11. The van der Waals surface area contributed by atoms with E-state index in [0.717, 1.165) is 23.8 Å². The SMILES string of the molecule is C=Cc1cc(C(C)(C)C)ccc1OCC1CC1. The first-order valence-corrected chi connectivity index (χ1v) is 6.40. The molecule has 1 saturated carbocycles. The minimum atomic E-state index is 0.173. The monoisotopic (exact) mass is 230 g/mol. The lowest BCUT2D eigenvalue weighted by molar-refractivity contribution is 0.299. The van der Waals surface area contributed by atoms with Gasteiger partial charge in [0.25, 0.3) is 0 Å². The predicted octanol–water partition coefficient (Wildman–Crippen LogP) is 4.42. The van der Waals surface area contributed by atoms with E-state index in [4.69, 9.17) is 4.74 Å². The van der Waals surface area contributed by atoms with Gasteiger partial charge in [0.05, 0.1) is 6.61 Å². The standard InChI is InChI=1S/C16H22O/c1-5-13-10-14(16(2,3)4)8-9-15(13)17-11-12-6-7-12/h5,8-10,12H,1,6-7,11H2,2-4H3. The molecule has 1 aromatic carbocycles. The number of benzene rings is 1. The summed E-state index contributed by atoms with van der Waals surface area (Å²) in [6.07, 6.45) is 4.53. The van der Waals surface area contributed by atoms with Gasteiger partial charge in [-0.15, -0.1) is 0 Å². The molecular weight excluding hydrogens is 208 g/mol. The minimum absolute atomic E-state index is 0.173. The summed E-state index contributed by atoms with van der Waals surface area (Å²) >= 11 is 0. The smallest absolute Gasteiger partial charge is 0.126 e. The van der Waals surface area contributed by atoms with Crippen molar-refractivity contribution in [2.75, 3.05) is 6.61 Å². The van der Waals surface area contributed by atoms with Gasteiger partial charge >= 0.3 is 0 Å². The molecule has 1 aromatic rings. The molecule has 17 heavy (non-hydrogen) atoms. The highest BCUT2D eigenvalue weighted by Gasteiger charge is 2.22. The molecule has 0 N–H and O–H groups in total. The Balaban J connectivity index is 2.18. The van der Waals surface area contributed by atoms with E-state index in [2.05, 4.69) is 45.5 Å². The summed E-state index contributed by atoms with van der Waals surface area (Å²) in [5.74, 6) is 1.76. The zero-order valence-electron chi connectivity index (χ0n) is 11.1. The van der Waals surface area contributed by atoms with Crippen LogP contribution in [0.3, 0.4) is 0 Å². The van der Waals surface area contributed by atoms with Crippen LogP contribution < -0.4 is 4.74 Å². The first-order valence-electron chi connectivity index (χ1n) is 6.40. The molecule has 1 heteroatoms. The lowest BCUT2D eigenvalue weighted by atomic mass is 9.86. The fourth-order valence-corrected chi connectivity index (χ4v) is 1.80. The van der Waals surface area contributed by atoms with Crippen LogP contribution in [-0.2, 0) is 5.41 Å². The Bertz CT molecular complexity index is 408. The summed E-state index contributed by atoms with van der Waals surface area (Å²) in [6.45, 7) is 11.4. The summed E-state index contributed by atoms with van der Waals surface area (Å²) in [5, 5.41) is 0. The molecule has 1 nitrogen and oxygen atoms in total. The number of ether oxygens (including phenoxy) is 1. The zero-order chi connectivity index (χ0) is 12.5. The first kappa shape index (κ1) is 12.2. The highest BCUT2D eigenvalue weighted by molar-refractivity contribution is 5.57. The van der Waals surface area contributed by atoms with Crippen LogP contribution >= 0.6 is 0 Å². The molecule has 0 aromatic heterocycles. The summed E-state index contributed by atoms with van der Waals surface area (Å²) in [4.78, 5) is 0. The molecule has 1 aliphatic rings. The van der Waals surface area contributed by atoms with Crippen LogP contribution in [0.5, 0.6) is 5.75 Å². The molecule has 2 rings (SSSR count). The van der Waals surface area contributed by atoms with Crippen LogP contribution in [0, 0.1) is 5.92 Å². The number of hydrogen-bond acceptors (Lipinski definition) is 1. The molecule has 0 saturated heterocycles. The second kappa shape index (κ2) is 4.56. The van der Waals surface area contributed by atoms with E-state index in [9.17, 15) is 0 Å². The van der Waals surface area contributed by atoms with Crippen molar-refractivity contribution < 1.29 is 4.74 Å². The Labute approximate surface area is 104 Å². The van der Waals surface area contributed by atoms with E-state index in [1.54, 1.807) is 0 Å². The third-order valence-corrected chi connectivity index (χ3v) is 3.27. The highest BCUT2D eigenvalue weighted by Crippen LogP contribution is 2.32. The van der Waals surface area contributed by atoms with Gasteiger partial charge in [0.2, 0.25) is 0 Å². The Kier molecular flexibility index (Phi) is 3.28. The van der Waals surface area contributed by atoms with Crippen LogP contribution in [0.25, 0.3) is 6.08 Å².